The summed E-state index contributed by atoms with van der Waals surface area (Å²) in [7, 11) is 0. The Hall–Kier alpha value is -1.56. The molecule has 0 spiro atoms. The van der Waals surface area contributed by atoms with Gasteiger partial charge in [-0.3, -0.25) is 4.79 Å². The summed E-state index contributed by atoms with van der Waals surface area (Å²) < 4.78 is 0. The van der Waals surface area contributed by atoms with Crippen LogP contribution in [0.25, 0.3) is 11.0 Å². The molecule has 1 amide bonds. The van der Waals surface area contributed by atoms with Crippen molar-refractivity contribution < 1.29 is 4.79 Å². The third-order valence-electron chi connectivity index (χ3n) is 1.95. The van der Waals surface area contributed by atoms with Gasteiger partial charge in [-0.2, -0.15) is 11.8 Å². The van der Waals surface area contributed by atoms with Crippen LogP contribution in [-0.4, -0.2) is 32.5 Å². The zero-order valence-corrected chi connectivity index (χ0v) is 9.70. The Kier molecular flexibility index (Phi) is 3.40. The Balaban J connectivity index is 2.07. The summed E-state index contributed by atoms with van der Waals surface area (Å²) in [6.07, 6.45) is 0. The lowest BCUT2D eigenvalue weighted by molar-refractivity contribution is -0.114. The van der Waals surface area contributed by atoms with E-state index in [-0.39, 0.29) is 5.91 Å². The highest BCUT2D eigenvalue weighted by molar-refractivity contribution is 7.99. The predicted octanol–water partition coefficient (Wildman–Crippen LogP) is 1.25. The van der Waals surface area contributed by atoms with Crippen LogP contribution in [0.3, 0.4) is 0 Å². The monoisotopic (exact) mass is 236 g/mol. The number of nitrogens with one attached hydrogen (secondary N) is 1. The number of nitrogens with zero attached hydrogens (tertiary/aromatic N) is 3. The molecule has 2 aromatic rings. The Labute approximate surface area is 97.2 Å². The highest BCUT2D eigenvalue weighted by Gasteiger charge is 2.04. The van der Waals surface area contributed by atoms with Gasteiger partial charge in [-0.1, -0.05) is 24.0 Å². The van der Waals surface area contributed by atoms with Crippen molar-refractivity contribution in [2.24, 2.45) is 0 Å². The Morgan fingerprint density at radius 1 is 1.38 bits per heavy atom. The molecule has 0 aliphatic carbocycles. The average molecular weight is 236 g/mol. The molecule has 1 aromatic carbocycles. The average Bonchev–Trinajstić information content (AvgIpc) is 2.68. The molecule has 0 aliphatic rings. The maximum atomic E-state index is 11.4. The molecule has 0 saturated heterocycles. The number of benzene rings is 1. The van der Waals surface area contributed by atoms with E-state index < -0.39 is 0 Å². The molecule has 1 aromatic heterocycles. The Bertz CT molecular complexity index is 463. The van der Waals surface area contributed by atoms with Crippen molar-refractivity contribution in [3.8, 4) is 0 Å². The van der Waals surface area contributed by atoms with E-state index >= 15 is 0 Å². The summed E-state index contributed by atoms with van der Waals surface area (Å²) in [6.45, 7) is 2.01. The van der Waals surface area contributed by atoms with E-state index in [2.05, 4.69) is 15.6 Å². The first kappa shape index (κ1) is 10.9. The Morgan fingerprint density at radius 3 is 2.56 bits per heavy atom. The number of carbonyl (C=O) groups is 1. The lowest BCUT2D eigenvalue weighted by atomic mass is 10.3. The van der Waals surface area contributed by atoms with Gasteiger partial charge in [0.1, 0.15) is 11.0 Å². The van der Waals surface area contributed by atoms with Crippen LogP contribution in [0.4, 0.5) is 0 Å². The van der Waals surface area contributed by atoms with Gasteiger partial charge in [0.05, 0.1) is 5.75 Å². The van der Waals surface area contributed by atoms with Gasteiger partial charge in [-0.15, -0.1) is 10.2 Å². The molecule has 6 heteroatoms. The molecule has 0 radical (unpaired) electrons. The summed E-state index contributed by atoms with van der Waals surface area (Å²) in [4.78, 5) is 12.6. The number of fused-ring (bicyclic) bond motifs is 1. The fourth-order valence-electron chi connectivity index (χ4n) is 1.25. The van der Waals surface area contributed by atoms with Crippen LogP contribution in [0.5, 0.6) is 0 Å². The van der Waals surface area contributed by atoms with Crippen LogP contribution >= 0.6 is 11.8 Å². The maximum absolute atomic E-state index is 11.4. The summed E-state index contributed by atoms with van der Waals surface area (Å²) in [5.74, 6) is 1.25. The van der Waals surface area contributed by atoms with Crippen molar-refractivity contribution >= 4 is 28.7 Å². The van der Waals surface area contributed by atoms with Crippen molar-refractivity contribution in [2.45, 2.75) is 6.92 Å². The number of carbonyl (C=O) groups excluding carboxylic acids is 1. The summed E-state index contributed by atoms with van der Waals surface area (Å²) >= 11 is 1.56. The molecule has 16 heavy (non-hydrogen) atoms. The summed E-state index contributed by atoms with van der Waals surface area (Å²) in [5.41, 5.74) is 4.14. The van der Waals surface area contributed by atoms with Crippen LogP contribution < -0.4 is 5.43 Å². The molecule has 0 saturated carbocycles. The first-order chi connectivity index (χ1) is 7.79. The Morgan fingerprint density at radius 2 is 2.00 bits per heavy atom. The molecule has 0 unspecified atom stereocenters. The second kappa shape index (κ2) is 4.98. The number of rotatable bonds is 4. The van der Waals surface area contributed by atoms with E-state index in [1.165, 1.54) is 4.91 Å². The van der Waals surface area contributed by atoms with E-state index in [1.54, 1.807) is 11.8 Å². The van der Waals surface area contributed by atoms with Gasteiger partial charge < -0.3 is 0 Å². The van der Waals surface area contributed by atoms with Crippen LogP contribution in [0.2, 0.25) is 0 Å². The van der Waals surface area contributed by atoms with Gasteiger partial charge in [-0.05, 0) is 17.9 Å². The van der Waals surface area contributed by atoms with Crippen LogP contribution in [0.15, 0.2) is 24.3 Å². The number of aromatic nitrogens is 3. The molecular weight excluding hydrogens is 224 g/mol. The topological polar surface area (TPSA) is 59.8 Å². The van der Waals surface area contributed by atoms with Gasteiger partial charge >= 0.3 is 0 Å². The SMILES string of the molecule is CCSCC(=O)Nn1nc2ccccc2n1. The third-order valence-corrected chi connectivity index (χ3v) is 2.82. The first-order valence-corrected chi connectivity index (χ1v) is 6.15. The van der Waals surface area contributed by atoms with E-state index in [4.69, 9.17) is 0 Å². The highest BCUT2D eigenvalue weighted by atomic mass is 32.2. The fourth-order valence-corrected chi connectivity index (χ4v) is 1.70. The van der Waals surface area contributed by atoms with E-state index in [0.29, 0.717) is 5.75 Å². The molecule has 0 fully saturated rings. The van der Waals surface area contributed by atoms with Gasteiger partial charge in [0.15, 0.2) is 0 Å². The smallest absolute Gasteiger partial charge is 0.251 e. The molecule has 84 valence electrons. The number of hydrogen-bond acceptors (Lipinski definition) is 4. The van der Waals surface area contributed by atoms with Crippen molar-refractivity contribution in [1.29, 1.82) is 0 Å². The van der Waals surface area contributed by atoms with Crippen LogP contribution in [0.1, 0.15) is 6.92 Å². The standard InChI is InChI=1S/C10H12N4OS/c1-2-16-7-10(15)13-14-11-8-5-3-4-6-9(8)12-14/h3-6H,2,7H2,1H3,(H,13,15). The van der Waals surface area contributed by atoms with Crippen molar-refractivity contribution in [3.05, 3.63) is 24.3 Å². The lowest BCUT2D eigenvalue weighted by Crippen LogP contribution is -2.26. The van der Waals surface area contributed by atoms with Crippen LogP contribution in [-0.2, 0) is 4.79 Å². The van der Waals surface area contributed by atoms with Crippen molar-refractivity contribution in [2.75, 3.05) is 16.9 Å². The third kappa shape index (κ3) is 2.52. The minimum absolute atomic E-state index is 0.0906. The molecule has 0 atom stereocenters. The van der Waals surface area contributed by atoms with E-state index in [1.807, 2.05) is 31.2 Å². The normalized spacial score (nSPS) is 10.6. The van der Waals surface area contributed by atoms with Crippen LogP contribution in [0, 0.1) is 0 Å². The van der Waals surface area contributed by atoms with Gasteiger partial charge in [0, 0.05) is 0 Å². The molecular formula is C10H12N4OS. The largest absolute Gasteiger partial charge is 0.272 e. The molecule has 1 N–H and O–H groups in total. The zero-order chi connectivity index (χ0) is 11.4. The lowest BCUT2D eigenvalue weighted by Gasteiger charge is -2.00. The van der Waals surface area contributed by atoms with Crippen molar-refractivity contribution in [3.63, 3.8) is 0 Å². The van der Waals surface area contributed by atoms with Gasteiger partial charge in [0.25, 0.3) is 5.91 Å². The van der Waals surface area contributed by atoms with Gasteiger partial charge in [0.2, 0.25) is 0 Å². The molecule has 0 bridgehead atoms. The maximum Gasteiger partial charge on any atom is 0.251 e. The molecule has 0 aliphatic heterocycles. The predicted molar refractivity (Wildman–Crippen MR) is 64.9 cm³/mol. The van der Waals surface area contributed by atoms with E-state index in [9.17, 15) is 4.79 Å². The molecule has 5 nitrogen and oxygen atoms in total. The van der Waals surface area contributed by atoms with Gasteiger partial charge in [-0.25, -0.2) is 5.43 Å². The van der Waals surface area contributed by atoms with Crippen molar-refractivity contribution in [1.82, 2.24) is 15.1 Å². The summed E-state index contributed by atoms with van der Waals surface area (Å²) in [6, 6.07) is 7.48. The second-order valence-corrected chi connectivity index (χ2v) is 4.42. The zero-order valence-electron chi connectivity index (χ0n) is 8.88. The summed E-state index contributed by atoms with van der Waals surface area (Å²) in [5, 5.41) is 8.25. The van der Waals surface area contributed by atoms with E-state index in [0.717, 1.165) is 16.8 Å². The molecule has 1 heterocycles. The second-order valence-electron chi connectivity index (χ2n) is 3.15. The number of hydrogen-bond donors (Lipinski definition) is 1. The minimum Gasteiger partial charge on any atom is -0.272 e. The quantitative estimate of drug-likeness (QED) is 0.868. The fraction of sp³-hybridized carbons (Fsp3) is 0.300. The number of thioether (sulfide) groups is 1. The first-order valence-electron chi connectivity index (χ1n) is 4.99. The minimum atomic E-state index is -0.0906. The highest BCUT2D eigenvalue weighted by Crippen LogP contribution is 2.06. The molecule has 2 rings (SSSR count). The number of amides is 1.